The molecule has 3 rings (SSSR count). The third kappa shape index (κ3) is 4.42. The van der Waals surface area contributed by atoms with Gasteiger partial charge in [0.2, 0.25) is 10.0 Å². The van der Waals surface area contributed by atoms with E-state index in [1.54, 1.807) is 24.3 Å². The van der Waals surface area contributed by atoms with Crippen LogP contribution in [0.5, 0.6) is 11.5 Å². The van der Waals surface area contributed by atoms with Gasteiger partial charge in [0.1, 0.15) is 12.7 Å². The van der Waals surface area contributed by atoms with Crippen LogP contribution in [0.1, 0.15) is 10.4 Å². The number of para-hydroxylation sites is 3. The fraction of sp³-hybridized carbons (Fsp3) is 0.235. The zero-order valence-electron chi connectivity index (χ0n) is 13.6. The van der Waals surface area contributed by atoms with E-state index in [0.29, 0.717) is 18.1 Å². The average molecular weight is 362 g/mol. The molecule has 1 aliphatic rings. The first-order valence-electron chi connectivity index (χ1n) is 7.66. The topological polar surface area (TPSA) is 93.7 Å². The number of sulfonamides is 1. The second-order valence-corrected chi connectivity index (χ2v) is 7.38. The normalized spacial score (nSPS) is 16.1. The number of ether oxygens (including phenoxy) is 2. The van der Waals surface area contributed by atoms with Crippen LogP contribution in [0.15, 0.2) is 48.5 Å². The third-order valence-corrected chi connectivity index (χ3v) is 4.12. The van der Waals surface area contributed by atoms with E-state index >= 15 is 0 Å². The van der Waals surface area contributed by atoms with Gasteiger partial charge in [0.15, 0.2) is 11.5 Å². The zero-order chi connectivity index (χ0) is 17.9. The van der Waals surface area contributed by atoms with Crippen LogP contribution in [0, 0.1) is 0 Å². The van der Waals surface area contributed by atoms with Crippen LogP contribution in [0.25, 0.3) is 0 Å². The lowest BCUT2D eigenvalue weighted by Crippen LogP contribution is -2.40. The zero-order valence-corrected chi connectivity index (χ0v) is 14.4. The lowest BCUT2D eigenvalue weighted by atomic mass is 10.1. The van der Waals surface area contributed by atoms with E-state index in [1.807, 2.05) is 18.2 Å². The van der Waals surface area contributed by atoms with Crippen LogP contribution < -0.4 is 19.5 Å². The summed E-state index contributed by atoms with van der Waals surface area (Å²) in [5, 5.41) is 2.75. The number of nitrogens with one attached hydrogen (secondary N) is 2. The molecule has 0 fully saturated rings. The molecule has 7 nitrogen and oxygen atoms in total. The maximum atomic E-state index is 12.4. The molecule has 0 saturated heterocycles. The smallest absolute Gasteiger partial charge is 0.253 e. The Kier molecular flexibility index (Phi) is 4.80. The lowest BCUT2D eigenvalue weighted by molar-refractivity contribution is 0.0790. The van der Waals surface area contributed by atoms with Gasteiger partial charge in [-0.05, 0) is 24.3 Å². The number of carbonyl (C=O) groups is 1. The molecule has 0 bridgehead atoms. The summed E-state index contributed by atoms with van der Waals surface area (Å²) in [7, 11) is -3.48. The average Bonchev–Trinajstić information content (AvgIpc) is 2.58. The summed E-state index contributed by atoms with van der Waals surface area (Å²) in [4.78, 5) is 12.4. The second-order valence-electron chi connectivity index (χ2n) is 5.63. The Morgan fingerprint density at radius 2 is 1.80 bits per heavy atom. The largest absolute Gasteiger partial charge is 0.486 e. The standard InChI is InChI=1S/C17H18N2O5S/c1-25(21,22)19-14-7-3-2-6-13(14)17(20)18-10-12-11-23-15-8-4-5-9-16(15)24-12/h2-9,12,19H,10-11H2,1H3,(H,18,20)/t12-/m0/s1. The summed E-state index contributed by atoms with van der Waals surface area (Å²) in [5.74, 6) is 0.911. The Bertz CT molecular complexity index is 882. The highest BCUT2D eigenvalue weighted by Gasteiger charge is 2.22. The SMILES string of the molecule is CS(=O)(=O)Nc1ccccc1C(=O)NC[C@H]1COc2ccccc2O1. The summed E-state index contributed by atoms with van der Waals surface area (Å²) in [6, 6.07) is 13.7. The fourth-order valence-electron chi connectivity index (χ4n) is 2.44. The number of amides is 1. The molecular weight excluding hydrogens is 344 g/mol. The predicted octanol–water partition coefficient (Wildman–Crippen LogP) is 1.63. The fourth-order valence-corrected chi connectivity index (χ4v) is 3.01. The van der Waals surface area contributed by atoms with Crippen LogP contribution >= 0.6 is 0 Å². The summed E-state index contributed by atoms with van der Waals surface area (Å²) in [6.45, 7) is 0.556. The van der Waals surface area contributed by atoms with Crippen molar-refractivity contribution in [3.8, 4) is 11.5 Å². The van der Waals surface area contributed by atoms with Crippen molar-refractivity contribution in [3.05, 3.63) is 54.1 Å². The number of fused-ring (bicyclic) bond motifs is 1. The first-order chi connectivity index (χ1) is 11.9. The van der Waals surface area contributed by atoms with Crippen molar-refractivity contribution >= 4 is 21.6 Å². The summed E-state index contributed by atoms with van der Waals surface area (Å²) >= 11 is 0. The lowest BCUT2D eigenvalue weighted by Gasteiger charge is -2.26. The molecule has 1 heterocycles. The Morgan fingerprint density at radius 1 is 1.12 bits per heavy atom. The van der Waals surface area contributed by atoms with E-state index in [9.17, 15) is 13.2 Å². The molecule has 0 spiro atoms. The monoisotopic (exact) mass is 362 g/mol. The van der Waals surface area contributed by atoms with Gasteiger partial charge in [-0.3, -0.25) is 9.52 Å². The maximum Gasteiger partial charge on any atom is 0.253 e. The highest BCUT2D eigenvalue weighted by atomic mass is 32.2. The summed E-state index contributed by atoms with van der Waals surface area (Å²) < 4.78 is 36.5. The van der Waals surface area contributed by atoms with Crippen molar-refractivity contribution < 1.29 is 22.7 Å². The van der Waals surface area contributed by atoms with Gasteiger partial charge in [-0.15, -0.1) is 0 Å². The van der Waals surface area contributed by atoms with Crippen molar-refractivity contribution in [2.75, 3.05) is 24.1 Å². The first kappa shape index (κ1) is 17.1. The molecule has 1 amide bonds. The van der Waals surface area contributed by atoms with Crippen molar-refractivity contribution in [3.63, 3.8) is 0 Å². The number of benzene rings is 2. The minimum atomic E-state index is -3.48. The van der Waals surface area contributed by atoms with E-state index < -0.39 is 15.9 Å². The molecule has 132 valence electrons. The molecule has 0 radical (unpaired) electrons. The summed E-state index contributed by atoms with van der Waals surface area (Å²) in [6.07, 6.45) is 0.709. The van der Waals surface area contributed by atoms with Gasteiger partial charge in [-0.2, -0.15) is 0 Å². The molecule has 8 heteroatoms. The van der Waals surface area contributed by atoms with Crippen LogP contribution in [0.4, 0.5) is 5.69 Å². The Labute approximate surface area is 146 Å². The molecule has 0 aliphatic carbocycles. The Balaban J connectivity index is 1.64. The van der Waals surface area contributed by atoms with Gasteiger partial charge in [-0.25, -0.2) is 8.42 Å². The van der Waals surface area contributed by atoms with Gasteiger partial charge in [0.05, 0.1) is 24.1 Å². The third-order valence-electron chi connectivity index (χ3n) is 3.52. The minimum Gasteiger partial charge on any atom is -0.486 e. The highest BCUT2D eigenvalue weighted by molar-refractivity contribution is 7.92. The minimum absolute atomic E-state index is 0.230. The van der Waals surface area contributed by atoms with Crippen LogP contribution in [-0.2, 0) is 10.0 Å². The van der Waals surface area contributed by atoms with Gasteiger partial charge in [-0.1, -0.05) is 24.3 Å². The number of carbonyl (C=O) groups excluding carboxylic acids is 1. The molecule has 0 aromatic heterocycles. The maximum absolute atomic E-state index is 12.4. The molecule has 2 N–H and O–H groups in total. The predicted molar refractivity (Wildman–Crippen MR) is 93.6 cm³/mol. The van der Waals surface area contributed by atoms with Crippen molar-refractivity contribution in [2.24, 2.45) is 0 Å². The number of hydrogen-bond acceptors (Lipinski definition) is 5. The van der Waals surface area contributed by atoms with E-state index in [0.717, 1.165) is 6.26 Å². The molecule has 2 aromatic rings. The quantitative estimate of drug-likeness (QED) is 0.843. The van der Waals surface area contributed by atoms with Gasteiger partial charge < -0.3 is 14.8 Å². The van der Waals surface area contributed by atoms with Crippen LogP contribution in [0.3, 0.4) is 0 Å². The Morgan fingerprint density at radius 3 is 2.56 bits per heavy atom. The van der Waals surface area contributed by atoms with E-state index in [4.69, 9.17) is 9.47 Å². The molecule has 0 saturated carbocycles. The molecule has 2 aromatic carbocycles. The van der Waals surface area contributed by atoms with E-state index in [2.05, 4.69) is 10.0 Å². The van der Waals surface area contributed by atoms with Crippen molar-refractivity contribution in [2.45, 2.75) is 6.10 Å². The van der Waals surface area contributed by atoms with E-state index in [1.165, 1.54) is 6.07 Å². The summed E-state index contributed by atoms with van der Waals surface area (Å²) in [5.41, 5.74) is 0.471. The highest BCUT2D eigenvalue weighted by Crippen LogP contribution is 2.30. The molecule has 1 aliphatic heterocycles. The molecule has 25 heavy (non-hydrogen) atoms. The molecular formula is C17H18N2O5S. The number of rotatable bonds is 5. The van der Waals surface area contributed by atoms with Crippen LogP contribution in [-0.4, -0.2) is 39.8 Å². The van der Waals surface area contributed by atoms with Gasteiger partial charge in [0.25, 0.3) is 5.91 Å². The van der Waals surface area contributed by atoms with Gasteiger partial charge >= 0.3 is 0 Å². The second kappa shape index (κ2) is 7.02. The van der Waals surface area contributed by atoms with Crippen molar-refractivity contribution in [1.82, 2.24) is 5.32 Å². The molecule has 0 unspecified atom stereocenters. The van der Waals surface area contributed by atoms with E-state index in [-0.39, 0.29) is 23.9 Å². The number of anilines is 1. The first-order valence-corrected chi connectivity index (χ1v) is 9.55. The van der Waals surface area contributed by atoms with Crippen LogP contribution in [0.2, 0.25) is 0 Å². The van der Waals surface area contributed by atoms with Gasteiger partial charge in [0, 0.05) is 0 Å². The number of hydrogen-bond donors (Lipinski definition) is 2. The Hall–Kier alpha value is -2.74. The van der Waals surface area contributed by atoms with Crippen molar-refractivity contribution in [1.29, 1.82) is 0 Å². The molecule has 1 atom stereocenters.